The number of rotatable bonds is 4. The number of carbonyl (C=O) groups excluding carboxylic acids is 2. The van der Waals surface area contributed by atoms with E-state index in [2.05, 4.69) is 31.8 Å². The van der Waals surface area contributed by atoms with Gasteiger partial charge in [0.25, 0.3) is 11.8 Å². The van der Waals surface area contributed by atoms with Crippen molar-refractivity contribution in [3.05, 3.63) is 87.0 Å². The SMILES string of the molecule is Cc1c(C(=O)Nc2ccccc2Br)oc2c1/C(=N/NC(=O)c1ccccc1F)CCC2. The van der Waals surface area contributed by atoms with Crippen LogP contribution in [0.4, 0.5) is 10.1 Å². The highest BCUT2D eigenvalue weighted by atomic mass is 79.9. The number of benzene rings is 2. The Morgan fingerprint density at radius 1 is 1.06 bits per heavy atom. The number of nitrogens with zero attached hydrogens (tertiary/aromatic N) is 1. The van der Waals surface area contributed by atoms with E-state index in [1.807, 2.05) is 18.2 Å². The molecule has 4 rings (SSSR count). The molecule has 0 spiro atoms. The lowest BCUT2D eigenvalue weighted by Crippen LogP contribution is -2.23. The molecule has 2 aromatic carbocycles. The molecule has 0 atom stereocenters. The summed E-state index contributed by atoms with van der Waals surface area (Å²) in [6.07, 6.45) is 2.04. The first-order chi connectivity index (χ1) is 15.0. The van der Waals surface area contributed by atoms with Crippen LogP contribution in [-0.4, -0.2) is 17.5 Å². The van der Waals surface area contributed by atoms with Gasteiger partial charge in [0.2, 0.25) is 0 Å². The Balaban J connectivity index is 1.59. The summed E-state index contributed by atoms with van der Waals surface area (Å²) >= 11 is 3.41. The standard InChI is InChI=1S/C23H19BrFN3O3/c1-13-20-18(27-28-22(29)14-7-2-4-9-16(14)25)11-6-12-19(20)31-21(13)23(30)26-17-10-5-3-8-15(17)24/h2-5,7-10H,6,11-12H2,1H3,(H,26,30)(H,28,29)/b27-18+. The van der Waals surface area contributed by atoms with E-state index < -0.39 is 11.7 Å². The second kappa shape index (κ2) is 8.85. The van der Waals surface area contributed by atoms with Crippen LogP contribution < -0.4 is 10.7 Å². The van der Waals surface area contributed by atoms with Gasteiger partial charge in [-0.2, -0.15) is 5.10 Å². The molecule has 2 N–H and O–H groups in total. The molecule has 0 unspecified atom stereocenters. The van der Waals surface area contributed by atoms with E-state index in [-0.39, 0.29) is 17.2 Å². The fourth-order valence-electron chi connectivity index (χ4n) is 3.56. The molecule has 0 saturated carbocycles. The van der Waals surface area contributed by atoms with Crippen molar-refractivity contribution < 1.29 is 18.4 Å². The third kappa shape index (κ3) is 4.29. The zero-order valence-corrected chi connectivity index (χ0v) is 18.3. The summed E-state index contributed by atoms with van der Waals surface area (Å²) in [6.45, 7) is 1.79. The molecule has 1 aliphatic rings. The number of hydrogen-bond donors (Lipinski definition) is 2. The summed E-state index contributed by atoms with van der Waals surface area (Å²) in [6, 6.07) is 13.0. The summed E-state index contributed by atoms with van der Waals surface area (Å²) in [5.41, 5.74) is 4.95. The van der Waals surface area contributed by atoms with Gasteiger partial charge in [-0.1, -0.05) is 24.3 Å². The molecule has 6 nitrogen and oxygen atoms in total. The van der Waals surface area contributed by atoms with E-state index in [1.54, 1.807) is 19.1 Å². The van der Waals surface area contributed by atoms with Crippen LogP contribution in [0.1, 0.15) is 50.6 Å². The summed E-state index contributed by atoms with van der Waals surface area (Å²) < 4.78 is 20.5. The predicted molar refractivity (Wildman–Crippen MR) is 119 cm³/mol. The van der Waals surface area contributed by atoms with Gasteiger partial charge in [0.15, 0.2) is 5.76 Å². The van der Waals surface area contributed by atoms with Crippen molar-refractivity contribution in [3.63, 3.8) is 0 Å². The van der Waals surface area contributed by atoms with Gasteiger partial charge in [0.1, 0.15) is 11.6 Å². The van der Waals surface area contributed by atoms with Gasteiger partial charge >= 0.3 is 0 Å². The summed E-state index contributed by atoms with van der Waals surface area (Å²) in [5.74, 6) is -0.759. The zero-order valence-electron chi connectivity index (χ0n) is 16.7. The van der Waals surface area contributed by atoms with Gasteiger partial charge in [0, 0.05) is 22.0 Å². The fraction of sp³-hybridized carbons (Fsp3) is 0.174. The molecule has 0 fully saturated rings. The van der Waals surface area contributed by atoms with Crippen LogP contribution >= 0.6 is 15.9 Å². The van der Waals surface area contributed by atoms with E-state index in [9.17, 15) is 14.0 Å². The molecule has 3 aromatic rings. The average Bonchev–Trinajstić information content (AvgIpc) is 3.11. The first kappa shape index (κ1) is 21.0. The number of hydrogen-bond acceptors (Lipinski definition) is 4. The molecule has 0 radical (unpaired) electrons. The summed E-state index contributed by atoms with van der Waals surface area (Å²) in [4.78, 5) is 25.1. The van der Waals surface area contributed by atoms with Gasteiger partial charge in [-0.3, -0.25) is 9.59 Å². The lowest BCUT2D eigenvalue weighted by Gasteiger charge is -2.13. The molecule has 1 aromatic heterocycles. The second-order valence-electron chi connectivity index (χ2n) is 7.12. The number of fused-ring (bicyclic) bond motifs is 1. The van der Waals surface area contributed by atoms with Crippen molar-refractivity contribution in [1.82, 2.24) is 5.43 Å². The fourth-order valence-corrected chi connectivity index (χ4v) is 3.95. The molecule has 0 bridgehead atoms. The molecular weight excluding hydrogens is 465 g/mol. The lowest BCUT2D eigenvalue weighted by atomic mass is 9.93. The minimum absolute atomic E-state index is 0.0831. The minimum Gasteiger partial charge on any atom is -0.455 e. The highest BCUT2D eigenvalue weighted by Crippen LogP contribution is 2.31. The average molecular weight is 484 g/mol. The Morgan fingerprint density at radius 3 is 2.58 bits per heavy atom. The second-order valence-corrected chi connectivity index (χ2v) is 7.98. The normalized spacial score (nSPS) is 14.2. The first-order valence-electron chi connectivity index (χ1n) is 9.75. The van der Waals surface area contributed by atoms with Crippen LogP contribution in [0.25, 0.3) is 0 Å². The quantitative estimate of drug-likeness (QED) is 0.499. The van der Waals surface area contributed by atoms with Crippen molar-refractivity contribution in [2.45, 2.75) is 26.2 Å². The van der Waals surface area contributed by atoms with Crippen molar-refractivity contribution in [2.75, 3.05) is 5.32 Å². The topological polar surface area (TPSA) is 83.7 Å². The number of aryl methyl sites for hydroxylation is 1. The molecule has 31 heavy (non-hydrogen) atoms. The van der Waals surface area contributed by atoms with E-state index >= 15 is 0 Å². The van der Waals surface area contributed by atoms with Crippen LogP contribution in [0.2, 0.25) is 0 Å². The number of halogens is 2. The Kier molecular flexibility index (Phi) is 5.99. The highest BCUT2D eigenvalue weighted by Gasteiger charge is 2.28. The summed E-state index contributed by atoms with van der Waals surface area (Å²) in [7, 11) is 0. The van der Waals surface area contributed by atoms with Crippen LogP contribution in [-0.2, 0) is 6.42 Å². The molecule has 1 heterocycles. The number of anilines is 1. The Bertz CT molecular complexity index is 1200. The number of hydrazone groups is 1. The van der Waals surface area contributed by atoms with E-state index in [1.165, 1.54) is 18.2 Å². The number of amides is 2. The van der Waals surface area contributed by atoms with Crippen molar-refractivity contribution in [3.8, 4) is 0 Å². The monoisotopic (exact) mass is 483 g/mol. The number of furan rings is 1. The minimum atomic E-state index is -0.634. The summed E-state index contributed by atoms with van der Waals surface area (Å²) in [5, 5.41) is 7.06. The van der Waals surface area contributed by atoms with Crippen LogP contribution in [0, 0.1) is 12.7 Å². The van der Waals surface area contributed by atoms with E-state index in [4.69, 9.17) is 4.42 Å². The Hall–Kier alpha value is -3.26. The van der Waals surface area contributed by atoms with Crippen LogP contribution in [0.5, 0.6) is 0 Å². The molecule has 2 amide bonds. The molecule has 0 aliphatic heterocycles. The van der Waals surface area contributed by atoms with Crippen molar-refractivity contribution in [2.24, 2.45) is 5.10 Å². The number of nitrogens with one attached hydrogen (secondary N) is 2. The third-order valence-corrected chi connectivity index (χ3v) is 5.76. The highest BCUT2D eigenvalue weighted by molar-refractivity contribution is 9.10. The van der Waals surface area contributed by atoms with Crippen LogP contribution in [0.15, 0.2) is 62.5 Å². The maximum atomic E-state index is 13.8. The van der Waals surface area contributed by atoms with Crippen molar-refractivity contribution >= 4 is 39.1 Å². The molecule has 158 valence electrons. The zero-order chi connectivity index (χ0) is 22.0. The number of carbonyl (C=O) groups is 2. The number of para-hydroxylation sites is 1. The Morgan fingerprint density at radius 2 is 1.81 bits per heavy atom. The van der Waals surface area contributed by atoms with E-state index in [0.29, 0.717) is 35.6 Å². The molecule has 1 aliphatic carbocycles. The predicted octanol–water partition coefficient (Wildman–Crippen LogP) is 5.21. The van der Waals surface area contributed by atoms with Gasteiger partial charge < -0.3 is 9.73 Å². The Labute approximate surface area is 186 Å². The lowest BCUT2D eigenvalue weighted by molar-refractivity contribution is 0.0949. The molecule has 0 saturated heterocycles. The molecule has 8 heteroatoms. The largest absolute Gasteiger partial charge is 0.455 e. The van der Waals surface area contributed by atoms with Gasteiger partial charge in [-0.25, -0.2) is 9.82 Å². The van der Waals surface area contributed by atoms with E-state index in [0.717, 1.165) is 16.5 Å². The van der Waals surface area contributed by atoms with Gasteiger partial charge in [-0.15, -0.1) is 0 Å². The smallest absolute Gasteiger partial charge is 0.291 e. The van der Waals surface area contributed by atoms with Gasteiger partial charge in [-0.05, 0) is 60.0 Å². The van der Waals surface area contributed by atoms with Crippen LogP contribution in [0.3, 0.4) is 0 Å². The maximum absolute atomic E-state index is 13.8. The first-order valence-corrected chi connectivity index (χ1v) is 10.5. The third-order valence-electron chi connectivity index (χ3n) is 5.06. The molecular formula is C23H19BrFN3O3. The van der Waals surface area contributed by atoms with Crippen molar-refractivity contribution in [1.29, 1.82) is 0 Å². The van der Waals surface area contributed by atoms with Gasteiger partial charge in [0.05, 0.1) is 17.0 Å². The maximum Gasteiger partial charge on any atom is 0.291 e.